The highest BCUT2D eigenvalue weighted by Gasteiger charge is 0.932. The number of rotatable bonds is 0. The van der Waals surface area contributed by atoms with E-state index in [2.05, 4.69) is 0 Å². The average Bonchev–Trinajstić information content (AvgIpc) is 1.39. The molecular weight excluding hydrogens is 52.0 g/mol. The van der Waals surface area contributed by atoms with Crippen molar-refractivity contribution in [2.75, 3.05) is 7.09 Å². The molecule has 0 saturated carbocycles. The number of aliphatic hydroxyl groups excluding tert-OH is 1. The summed E-state index contributed by atoms with van der Waals surface area (Å²) in [4.78, 5) is 0. The second kappa shape index (κ2) is 7110. The Hall–Kier alpha value is -0.0400. The molecule has 1 nitrogen and oxygen atoms in total. The molecule has 0 aliphatic rings. The molecule has 0 rings (SSSR count). The number of hydrogen-bond donors (Lipinski definition) is 1. The third-order valence-corrected chi connectivity index (χ3v) is 0. The molecule has 0 amide bonds. The van der Waals surface area contributed by atoms with Gasteiger partial charge in [0.05, 0.1) is 1.37 Å². The highest BCUT2D eigenvalue weighted by Crippen LogP contribution is 1.14. The topological polar surface area (TPSA) is 20.2 Å². The van der Waals surface area contributed by atoms with Gasteiger partial charge >= 0.3 is 0 Å². The van der Waals surface area contributed by atoms with Gasteiger partial charge < -0.3 is 5.11 Å². The molecular formula is C3H10O. The minimum absolute atomic E-state index is 0.500. The Morgan fingerprint density at radius 2 is 2.00 bits per heavy atom. The number of hydrogen-bond acceptors (Lipinski definition) is 1. The first-order valence-corrected chi connectivity index (χ1v) is 1.02. The van der Waals surface area contributed by atoms with E-state index in [1.807, 2.05) is 0 Å². The van der Waals surface area contributed by atoms with E-state index in [9.17, 15) is 0 Å². The molecule has 0 aromatic rings. The predicted molar refractivity (Wildman–Crippen MR) is 19.5 cm³/mol. The van der Waals surface area contributed by atoms with Crippen molar-refractivity contribution in [3.8, 4) is 0 Å². The molecule has 0 atom stereocenters. The van der Waals surface area contributed by atoms with Crippen LogP contribution in [-0.2, 0) is 0 Å². The highest BCUT2D eigenvalue weighted by molar-refractivity contribution is 3.50. The van der Waals surface area contributed by atoms with Gasteiger partial charge in [0.25, 0.3) is 0 Å². The molecule has 0 spiro atoms. The molecule has 0 fully saturated rings. The molecule has 0 aromatic heterocycles. The third kappa shape index (κ3) is 1130. The summed E-state index contributed by atoms with van der Waals surface area (Å²) in [5, 5.41) is 7.24. The SMILES string of the molecule is [2H]CC.[2H]CO. The largest absolute Gasteiger partial charge is 0.400 e. The maximum absolute atomic E-state index is 7.24. The maximum Gasteiger partial charge on any atom is 0.0527 e. The fraction of sp³-hybridized carbons (Fsp3) is 1.00. The third-order valence-electron chi connectivity index (χ3n) is 0. The first kappa shape index (κ1) is 2.21. The van der Waals surface area contributed by atoms with Crippen LogP contribution in [0.25, 0.3) is 0 Å². The van der Waals surface area contributed by atoms with Crippen LogP contribution in [0.2, 0.25) is 0 Å². The van der Waals surface area contributed by atoms with Crippen LogP contribution in [0.3, 0.4) is 0 Å². The van der Waals surface area contributed by atoms with Crippen LogP contribution in [0.4, 0.5) is 0 Å². The smallest absolute Gasteiger partial charge is 0.0527 e. The maximum atomic E-state index is 7.24. The molecule has 0 saturated heterocycles. The lowest BCUT2D eigenvalue weighted by molar-refractivity contribution is 0.399. The van der Waals surface area contributed by atoms with Gasteiger partial charge in [0.2, 0.25) is 0 Å². The monoisotopic (exact) mass is 64.1 g/mol. The average molecular weight is 64.1 g/mol. The van der Waals surface area contributed by atoms with Crippen molar-refractivity contribution in [3.05, 3.63) is 0 Å². The zero-order valence-corrected chi connectivity index (χ0v) is 2.86. The van der Waals surface area contributed by atoms with Crippen molar-refractivity contribution in [1.82, 2.24) is 0 Å². The van der Waals surface area contributed by atoms with Crippen LogP contribution in [0, 0.1) is 0 Å². The second-order valence-electron chi connectivity index (χ2n) is 0. The van der Waals surface area contributed by atoms with Gasteiger partial charge in [-0.1, -0.05) is 13.8 Å². The van der Waals surface area contributed by atoms with Crippen LogP contribution in [-0.4, -0.2) is 12.2 Å². The normalized spacial score (nSPS) is 9.50. The van der Waals surface area contributed by atoms with Crippen LogP contribution < -0.4 is 0 Å². The van der Waals surface area contributed by atoms with Gasteiger partial charge in [-0.2, -0.15) is 0 Å². The van der Waals surface area contributed by atoms with E-state index in [0.717, 1.165) is 0 Å². The van der Waals surface area contributed by atoms with Gasteiger partial charge in [-0.3, -0.25) is 0 Å². The van der Waals surface area contributed by atoms with Gasteiger partial charge in [0, 0.05) is 8.46 Å². The Labute approximate surface area is 30.1 Å². The molecule has 4 heavy (non-hydrogen) atoms. The van der Waals surface area contributed by atoms with Gasteiger partial charge in [0.1, 0.15) is 0 Å². The number of aliphatic hydroxyl groups is 1. The first-order valence-electron chi connectivity index (χ1n) is 2.44. The van der Waals surface area contributed by atoms with E-state index in [1.165, 1.54) is 0 Å². The van der Waals surface area contributed by atoms with Crippen molar-refractivity contribution in [1.29, 1.82) is 0 Å². The van der Waals surface area contributed by atoms with E-state index in [0.29, 0.717) is 6.90 Å². The highest BCUT2D eigenvalue weighted by atomic mass is 16.2. The predicted octanol–water partition coefficient (Wildman–Crippen LogP) is 0.635. The molecule has 0 aliphatic heterocycles. The minimum atomic E-state index is -0.500. The second-order valence-corrected chi connectivity index (χ2v) is 0. The minimum Gasteiger partial charge on any atom is -0.400 e. The molecule has 0 unspecified atom stereocenters. The summed E-state index contributed by atoms with van der Waals surface area (Å²) < 4.78 is 12.0. The molecule has 0 heterocycles. The molecule has 0 radical (unpaired) electrons. The van der Waals surface area contributed by atoms with E-state index in [1.54, 1.807) is 6.92 Å². The lowest BCUT2D eigenvalue weighted by atomic mass is 11.0. The van der Waals surface area contributed by atoms with Crippen molar-refractivity contribution in [2.45, 2.75) is 13.8 Å². The summed E-state index contributed by atoms with van der Waals surface area (Å²) >= 11 is 0. The molecule has 1 heteroatoms. The molecule has 0 aromatic carbocycles. The summed E-state index contributed by atoms with van der Waals surface area (Å²) in [6.45, 7) is 2.29. The first-order chi connectivity index (χ1) is 2.83. The van der Waals surface area contributed by atoms with Gasteiger partial charge in [-0.05, 0) is 0 Å². The molecule has 0 bridgehead atoms. The lowest BCUT2D eigenvalue weighted by Gasteiger charge is -1.21. The Balaban J connectivity index is 0. The van der Waals surface area contributed by atoms with E-state index < -0.39 is 7.09 Å². The fourth-order valence-corrected chi connectivity index (χ4v) is 0. The van der Waals surface area contributed by atoms with Gasteiger partial charge in [-0.25, -0.2) is 0 Å². The van der Waals surface area contributed by atoms with Crippen molar-refractivity contribution < 1.29 is 7.85 Å². The Bertz CT molecular complexity index is 10.8. The standard InChI is InChI=1S/C2H6.CH4O/c2*1-2/h1-2H3;2H,1H3/i2*1D. The van der Waals surface area contributed by atoms with Gasteiger partial charge in [-0.15, -0.1) is 0 Å². The summed E-state index contributed by atoms with van der Waals surface area (Å²) in [5.74, 6) is 0. The van der Waals surface area contributed by atoms with Crippen LogP contribution in [0.5, 0.6) is 0 Å². The molecule has 28 valence electrons. The summed E-state index contributed by atoms with van der Waals surface area (Å²) in [6, 6.07) is 0. The van der Waals surface area contributed by atoms with E-state index >= 15 is 0 Å². The Morgan fingerprint density at radius 3 is 2.00 bits per heavy atom. The van der Waals surface area contributed by atoms with Crippen molar-refractivity contribution in [3.63, 3.8) is 0 Å². The summed E-state index contributed by atoms with van der Waals surface area (Å²) in [6.07, 6.45) is 0. The van der Waals surface area contributed by atoms with Crippen LogP contribution in [0.1, 0.15) is 16.6 Å². The summed E-state index contributed by atoms with van der Waals surface area (Å²) in [7, 11) is -0.500. The Morgan fingerprint density at radius 1 is 2.00 bits per heavy atom. The molecule has 1 N–H and O–H groups in total. The molecule has 0 aliphatic carbocycles. The Kier molecular flexibility index (Phi) is 3930. The van der Waals surface area contributed by atoms with Crippen molar-refractivity contribution in [2.24, 2.45) is 0 Å². The quantitative estimate of drug-likeness (QED) is 0.438. The zero-order chi connectivity index (χ0) is 5.41. The fourth-order valence-electron chi connectivity index (χ4n) is 0. The van der Waals surface area contributed by atoms with Crippen molar-refractivity contribution >= 4 is 0 Å². The lowest BCUT2D eigenvalue weighted by Crippen LogP contribution is -1.25. The van der Waals surface area contributed by atoms with Crippen LogP contribution in [0.15, 0.2) is 0 Å². The van der Waals surface area contributed by atoms with Crippen LogP contribution >= 0.6 is 0 Å². The zero-order valence-electron chi connectivity index (χ0n) is 4.86. The van der Waals surface area contributed by atoms with E-state index in [-0.39, 0.29) is 0 Å². The summed E-state index contributed by atoms with van der Waals surface area (Å²) in [5.41, 5.74) is 0. The van der Waals surface area contributed by atoms with Gasteiger partial charge in [0.15, 0.2) is 0 Å². The van der Waals surface area contributed by atoms with E-state index in [4.69, 9.17) is 7.85 Å².